The second-order valence-corrected chi connectivity index (χ2v) is 8.11. The zero-order valence-electron chi connectivity index (χ0n) is 18.5. The van der Waals surface area contributed by atoms with E-state index in [9.17, 15) is 4.79 Å². The molecule has 0 unspecified atom stereocenters. The number of pyridine rings is 1. The van der Waals surface area contributed by atoms with Crippen molar-refractivity contribution in [2.75, 3.05) is 25.0 Å². The molecule has 1 saturated heterocycles. The average Bonchev–Trinajstić information content (AvgIpc) is 3.18. The number of aryl methyl sites for hydroxylation is 2. The minimum atomic E-state index is -0.263. The van der Waals surface area contributed by atoms with E-state index in [-0.39, 0.29) is 12.0 Å². The number of para-hydroxylation sites is 1. The second kappa shape index (κ2) is 9.38. The fourth-order valence-electron chi connectivity index (χ4n) is 4.26. The molecule has 0 aliphatic carbocycles. The first-order chi connectivity index (χ1) is 16.2. The highest BCUT2D eigenvalue weighted by atomic mass is 16.5. The predicted octanol–water partition coefficient (Wildman–Crippen LogP) is 3.87. The third-order valence-electron chi connectivity index (χ3n) is 5.91. The molecule has 3 aromatic heterocycles. The van der Waals surface area contributed by atoms with Crippen LogP contribution in [0.15, 0.2) is 67.1 Å². The minimum Gasteiger partial charge on any atom is -0.368 e. The number of morpholine rings is 1. The van der Waals surface area contributed by atoms with Gasteiger partial charge in [0.2, 0.25) is 5.91 Å². The summed E-state index contributed by atoms with van der Waals surface area (Å²) in [5.74, 6) is 1.42. The van der Waals surface area contributed by atoms with Crippen LogP contribution in [-0.4, -0.2) is 50.0 Å². The van der Waals surface area contributed by atoms with Gasteiger partial charge in [0.05, 0.1) is 25.0 Å². The zero-order chi connectivity index (χ0) is 22.6. The summed E-state index contributed by atoms with van der Waals surface area (Å²) in [6.45, 7) is 4.33. The summed E-state index contributed by atoms with van der Waals surface area (Å²) in [6.07, 6.45) is 5.07. The fourth-order valence-corrected chi connectivity index (χ4v) is 4.26. The lowest BCUT2D eigenvalue weighted by Gasteiger charge is -2.33. The SMILES string of the molecule is Cc1cc2ccccc2n1CCC(=O)N1CCO[C@H](c2cccc(Nc3cnccn3)n2)C1. The van der Waals surface area contributed by atoms with Crippen LogP contribution in [-0.2, 0) is 16.1 Å². The molecule has 1 amide bonds. The number of aromatic nitrogens is 4. The Labute approximate surface area is 192 Å². The number of carbonyl (C=O) groups is 1. The monoisotopic (exact) mass is 442 g/mol. The van der Waals surface area contributed by atoms with Gasteiger partial charge in [0.25, 0.3) is 0 Å². The number of hydrogen-bond acceptors (Lipinski definition) is 6. The molecule has 1 aliphatic heterocycles. The number of rotatable bonds is 6. The maximum Gasteiger partial charge on any atom is 0.224 e. The molecule has 4 aromatic rings. The third kappa shape index (κ3) is 4.70. The van der Waals surface area contributed by atoms with E-state index in [0.29, 0.717) is 44.3 Å². The standard InChI is InChI=1S/C25H26N6O2/c1-18-15-19-5-2-3-7-21(19)31(18)12-9-25(32)30-13-14-33-22(17-30)20-6-4-8-23(28-20)29-24-16-26-10-11-27-24/h2-8,10-11,15-16,22H,9,12-14,17H2,1H3,(H,27,28,29)/t22-/m0/s1. The van der Waals surface area contributed by atoms with Crippen molar-refractivity contribution in [3.05, 3.63) is 78.5 Å². The van der Waals surface area contributed by atoms with Crippen LogP contribution in [0, 0.1) is 6.92 Å². The number of ether oxygens (including phenoxy) is 1. The van der Waals surface area contributed by atoms with Gasteiger partial charge in [-0.1, -0.05) is 24.3 Å². The number of benzene rings is 1. The first-order valence-electron chi connectivity index (χ1n) is 11.1. The molecule has 168 valence electrons. The smallest absolute Gasteiger partial charge is 0.224 e. The van der Waals surface area contributed by atoms with Gasteiger partial charge >= 0.3 is 0 Å². The Morgan fingerprint density at radius 2 is 2.06 bits per heavy atom. The molecule has 5 rings (SSSR count). The Balaban J connectivity index is 1.24. The van der Waals surface area contributed by atoms with Crippen LogP contribution in [0.1, 0.15) is 23.9 Å². The van der Waals surface area contributed by atoms with Crippen molar-refractivity contribution in [3.8, 4) is 0 Å². The van der Waals surface area contributed by atoms with E-state index in [0.717, 1.165) is 5.69 Å². The van der Waals surface area contributed by atoms with Crippen molar-refractivity contribution in [2.45, 2.75) is 26.0 Å². The molecule has 8 heteroatoms. The lowest BCUT2D eigenvalue weighted by Crippen LogP contribution is -2.42. The number of nitrogens with one attached hydrogen (secondary N) is 1. The Morgan fingerprint density at radius 3 is 2.94 bits per heavy atom. The maximum atomic E-state index is 13.0. The number of fused-ring (bicyclic) bond motifs is 1. The Hall–Kier alpha value is -3.78. The van der Waals surface area contributed by atoms with Crippen LogP contribution in [0.4, 0.5) is 11.6 Å². The molecule has 0 bridgehead atoms. The normalized spacial score (nSPS) is 16.2. The molecular formula is C25H26N6O2. The highest BCUT2D eigenvalue weighted by Gasteiger charge is 2.26. The first kappa shape index (κ1) is 21.1. The van der Waals surface area contributed by atoms with Gasteiger partial charge in [-0.15, -0.1) is 0 Å². The Morgan fingerprint density at radius 1 is 1.15 bits per heavy atom. The van der Waals surface area contributed by atoms with E-state index >= 15 is 0 Å². The molecule has 1 N–H and O–H groups in total. The van der Waals surface area contributed by atoms with Gasteiger partial charge in [-0.05, 0) is 36.6 Å². The summed E-state index contributed by atoms with van der Waals surface area (Å²) in [5, 5.41) is 4.35. The Bertz CT molecular complexity index is 1260. The van der Waals surface area contributed by atoms with Gasteiger partial charge in [0, 0.05) is 43.1 Å². The molecule has 4 heterocycles. The van der Waals surface area contributed by atoms with Crippen LogP contribution >= 0.6 is 0 Å². The van der Waals surface area contributed by atoms with Crippen molar-refractivity contribution >= 4 is 28.4 Å². The molecule has 33 heavy (non-hydrogen) atoms. The molecule has 0 radical (unpaired) electrons. The average molecular weight is 443 g/mol. The molecule has 1 atom stereocenters. The minimum absolute atomic E-state index is 0.134. The number of amides is 1. The largest absolute Gasteiger partial charge is 0.368 e. The number of carbonyl (C=O) groups excluding carboxylic acids is 1. The maximum absolute atomic E-state index is 13.0. The van der Waals surface area contributed by atoms with Crippen LogP contribution in [0.2, 0.25) is 0 Å². The van der Waals surface area contributed by atoms with Crippen molar-refractivity contribution < 1.29 is 9.53 Å². The van der Waals surface area contributed by atoms with Gasteiger partial charge in [-0.2, -0.15) is 0 Å². The summed E-state index contributed by atoms with van der Waals surface area (Å²) in [4.78, 5) is 27.9. The van der Waals surface area contributed by atoms with E-state index in [2.05, 4.69) is 50.0 Å². The van der Waals surface area contributed by atoms with E-state index in [1.165, 1.54) is 16.6 Å². The van der Waals surface area contributed by atoms with Gasteiger partial charge in [-0.25, -0.2) is 9.97 Å². The van der Waals surface area contributed by atoms with Crippen LogP contribution < -0.4 is 5.32 Å². The van der Waals surface area contributed by atoms with Crippen molar-refractivity contribution in [3.63, 3.8) is 0 Å². The topological polar surface area (TPSA) is 85.2 Å². The summed E-state index contributed by atoms with van der Waals surface area (Å²) in [5.41, 5.74) is 3.12. The fraction of sp³-hybridized carbons (Fsp3) is 0.280. The lowest BCUT2D eigenvalue weighted by molar-refractivity contribution is -0.139. The molecule has 1 aliphatic rings. The zero-order valence-corrected chi connectivity index (χ0v) is 18.5. The summed E-state index contributed by atoms with van der Waals surface area (Å²) in [6, 6.07) is 16.2. The lowest BCUT2D eigenvalue weighted by atomic mass is 10.1. The van der Waals surface area contributed by atoms with Gasteiger partial charge in [0.15, 0.2) is 0 Å². The van der Waals surface area contributed by atoms with Gasteiger partial charge in [0.1, 0.15) is 17.7 Å². The number of hydrogen-bond donors (Lipinski definition) is 1. The second-order valence-electron chi connectivity index (χ2n) is 8.11. The van der Waals surface area contributed by atoms with Crippen LogP contribution in [0.5, 0.6) is 0 Å². The highest BCUT2D eigenvalue weighted by molar-refractivity contribution is 5.82. The summed E-state index contributed by atoms with van der Waals surface area (Å²) < 4.78 is 8.18. The van der Waals surface area contributed by atoms with Gasteiger partial charge < -0.3 is 19.5 Å². The molecule has 8 nitrogen and oxygen atoms in total. The predicted molar refractivity (Wildman–Crippen MR) is 126 cm³/mol. The molecule has 1 aromatic carbocycles. The summed E-state index contributed by atoms with van der Waals surface area (Å²) >= 11 is 0. The van der Waals surface area contributed by atoms with E-state index in [1.54, 1.807) is 18.6 Å². The number of anilines is 2. The van der Waals surface area contributed by atoms with Crippen molar-refractivity contribution in [1.82, 2.24) is 24.4 Å². The van der Waals surface area contributed by atoms with Gasteiger partial charge in [-0.3, -0.25) is 9.78 Å². The summed E-state index contributed by atoms with van der Waals surface area (Å²) in [7, 11) is 0. The Kier molecular flexibility index (Phi) is 5.99. The number of nitrogens with zero attached hydrogens (tertiary/aromatic N) is 5. The van der Waals surface area contributed by atoms with Crippen LogP contribution in [0.3, 0.4) is 0 Å². The first-order valence-corrected chi connectivity index (χ1v) is 11.1. The molecule has 0 saturated carbocycles. The molecule has 0 spiro atoms. The van der Waals surface area contributed by atoms with E-state index in [1.807, 2.05) is 35.2 Å². The molecule has 1 fully saturated rings. The molecular weight excluding hydrogens is 416 g/mol. The quantitative estimate of drug-likeness (QED) is 0.488. The van der Waals surface area contributed by atoms with Crippen LogP contribution in [0.25, 0.3) is 10.9 Å². The van der Waals surface area contributed by atoms with Crippen molar-refractivity contribution in [2.24, 2.45) is 0 Å². The van der Waals surface area contributed by atoms with E-state index in [4.69, 9.17) is 4.74 Å². The third-order valence-corrected chi connectivity index (χ3v) is 5.91. The van der Waals surface area contributed by atoms with E-state index < -0.39 is 0 Å². The highest BCUT2D eigenvalue weighted by Crippen LogP contribution is 2.24. The van der Waals surface area contributed by atoms with Crippen molar-refractivity contribution in [1.29, 1.82) is 0 Å².